The van der Waals surface area contributed by atoms with Crippen molar-refractivity contribution < 1.29 is 9.13 Å². The molecule has 3 aromatic rings. The number of hydrogen-bond donors (Lipinski definition) is 2. The third-order valence-corrected chi connectivity index (χ3v) is 5.73. The van der Waals surface area contributed by atoms with E-state index < -0.39 is 17.1 Å². The lowest BCUT2D eigenvalue weighted by atomic mass is 9.99. The molecule has 0 amide bonds. The van der Waals surface area contributed by atoms with E-state index in [2.05, 4.69) is 4.98 Å². The van der Waals surface area contributed by atoms with Crippen molar-refractivity contribution in [3.63, 3.8) is 0 Å². The van der Waals surface area contributed by atoms with Crippen LogP contribution in [0.25, 0.3) is 22.0 Å². The van der Waals surface area contributed by atoms with E-state index in [4.69, 9.17) is 10.5 Å². The van der Waals surface area contributed by atoms with E-state index in [0.29, 0.717) is 17.6 Å². The van der Waals surface area contributed by atoms with Crippen molar-refractivity contribution in [3.05, 3.63) is 48.5 Å². The molecule has 4 rings (SSSR count). The summed E-state index contributed by atoms with van der Waals surface area (Å²) in [5, 5.41) is 1.96. The van der Waals surface area contributed by atoms with Gasteiger partial charge in [0.25, 0.3) is 5.56 Å². The zero-order chi connectivity index (χ0) is 18.6. The molecule has 0 bridgehead atoms. The molecule has 1 fully saturated rings. The van der Waals surface area contributed by atoms with Crippen LogP contribution in [-0.4, -0.2) is 16.7 Å². The van der Waals surface area contributed by atoms with Gasteiger partial charge in [-0.05, 0) is 36.8 Å². The smallest absolute Gasteiger partial charge is 0.329 e. The zero-order valence-corrected chi connectivity index (χ0v) is 15.2. The molecule has 2 aromatic heterocycles. The van der Waals surface area contributed by atoms with Crippen molar-refractivity contribution in [3.8, 4) is 16.9 Å². The van der Waals surface area contributed by atoms with Gasteiger partial charge in [-0.2, -0.15) is 0 Å². The van der Waals surface area contributed by atoms with Crippen molar-refractivity contribution >= 4 is 22.2 Å². The van der Waals surface area contributed by atoms with Gasteiger partial charge >= 0.3 is 5.69 Å². The molecule has 136 valence electrons. The monoisotopic (exact) mass is 375 g/mol. The number of hydrogen-bond acceptors (Lipinski definition) is 5. The Labute approximate surface area is 152 Å². The van der Waals surface area contributed by atoms with Gasteiger partial charge in [0.05, 0.1) is 18.1 Å². The normalized spacial score (nSPS) is 14.2. The largest absolute Gasteiger partial charge is 0.494 e. The summed E-state index contributed by atoms with van der Waals surface area (Å²) >= 11 is 1.43. The number of nitrogens with one attached hydrogen (secondary N) is 1. The van der Waals surface area contributed by atoms with Gasteiger partial charge < -0.3 is 10.5 Å². The Morgan fingerprint density at radius 3 is 2.73 bits per heavy atom. The van der Waals surface area contributed by atoms with E-state index in [9.17, 15) is 9.59 Å². The Morgan fingerprint density at radius 2 is 2.15 bits per heavy atom. The summed E-state index contributed by atoms with van der Waals surface area (Å²) in [4.78, 5) is 28.1. The van der Waals surface area contributed by atoms with Crippen molar-refractivity contribution in [2.75, 3.05) is 7.11 Å². The fraction of sp³-hybridized carbons (Fsp3) is 0.333. The standard InChI is InChI=1S/C18H18FN3O3S/c1-8-12-15(22(10-3-4-10)18(24)21-17(12)23)16(25-2)13(14(8)19)9-5-11(6-20)26-7-9/h5,7,10H,3-4,6,20H2,1-2H3,(H,21,23,24). The molecule has 8 heteroatoms. The summed E-state index contributed by atoms with van der Waals surface area (Å²) in [6, 6.07) is 1.81. The number of rotatable bonds is 4. The van der Waals surface area contributed by atoms with Crippen LogP contribution in [-0.2, 0) is 6.54 Å². The lowest BCUT2D eigenvalue weighted by molar-refractivity contribution is 0.415. The molecule has 0 unspecified atom stereocenters. The average molecular weight is 375 g/mol. The Bertz CT molecular complexity index is 1140. The van der Waals surface area contributed by atoms with Crippen LogP contribution in [0.1, 0.15) is 29.3 Å². The molecule has 1 saturated carbocycles. The number of fused-ring (bicyclic) bond motifs is 1. The molecule has 0 saturated heterocycles. The van der Waals surface area contributed by atoms with Gasteiger partial charge in [-0.3, -0.25) is 14.3 Å². The van der Waals surface area contributed by atoms with Crippen molar-refractivity contribution in [1.82, 2.24) is 9.55 Å². The summed E-state index contributed by atoms with van der Waals surface area (Å²) in [5.74, 6) is -0.318. The van der Waals surface area contributed by atoms with E-state index in [1.807, 2.05) is 6.07 Å². The lowest BCUT2D eigenvalue weighted by Gasteiger charge is -2.18. The second-order valence-electron chi connectivity index (χ2n) is 6.44. The van der Waals surface area contributed by atoms with Gasteiger partial charge in [0.2, 0.25) is 0 Å². The quantitative estimate of drug-likeness (QED) is 0.734. The van der Waals surface area contributed by atoms with E-state index in [1.165, 1.54) is 23.0 Å². The predicted octanol–water partition coefficient (Wildman–Crippen LogP) is 2.67. The highest BCUT2D eigenvalue weighted by Gasteiger charge is 2.31. The van der Waals surface area contributed by atoms with Crippen LogP contribution in [0.2, 0.25) is 0 Å². The van der Waals surface area contributed by atoms with Crippen LogP contribution < -0.4 is 21.7 Å². The van der Waals surface area contributed by atoms with E-state index in [1.54, 1.807) is 12.3 Å². The summed E-state index contributed by atoms with van der Waals surface area (Å²) in [5.41, 5.74) is 6.03. The highest BCUT2D eigenvalue weighted by atomic mass is 32.1. The molecule has 0 radical (unpaired) electrons. The molecule has 1 aromatic carbocycles. The molecule has 3 N–H and O–H groups in total. The third kappa shape index (κ3) is 2.40. The van der Waals surface area contributed by atoms with E-state index in [-0.39, 0.29) is 28.3 Å². The van der Waals surface area contributed by atoms with Gasteiger partial charge in [-0.25, -0.2) is 9.18 Å². The van der Waals surface area contributed by atoms with E-state index >= 15 is 4.39 Å². The molecule has 26 heavy (non-hydrogen) atoms. The van der Waals surface area contributed by atoms with Crippen LogP contribution in [0.15, 0.2) is 21.0 Å². The third-order valence-electron chi connectivity index (χ3n) is 4.77. The number of nitrogens with zero attached hydrogens (tertiary/aromatic N) is 1. The minimum Gasteiger partial charge on any atom is -0.494 e. The van der Waals surface area contributed by atoms with Crippen LogP contribution in [0.3, 0.4) is 0 Å². The molecule has 6 nitrogen and oxygen atoms in total. The first-order valence-electron chi connectivity index (χ1n) is 8.30. The van der Waals surface area contributed by atoms with Gasteiger partial charge in [-0.1, -0.05) is 0 Å². The molecular formula is C18H18FN3O3S. The summed E-state index contributed by atoms with van der Waals surface area (Å²) < 4.78 is 22.3. The van der Waals surface area contributed by atoms with E-state index in [0.717, 1.165) is 17.7 Å². The van der Waals surface area contributed by atoms with Crippen molar-refractivity contribution in [2.24, 2.45) is 5.73 Å². The highest BCUT2D eigenvalue weighted by molar-refractivity contribution is 7.10. The second-order valence-corrected chi connectivity index (χ2v) is 7.43. The fourth-order valence-electron chi connectivity index (χ4n) is 3.39. The molecular weight excluding hydrogens is 357 g/mol. The Hall–Kier alpha value is -2.45. The highest BCUT2D eigenvalue weighted by Crippen LogP contribution is 2.44. The van der Waals surface area contributed by atoms with Gasteiger partial charge in [0, 0.05) is 23.0 Å². The summed E-state index contributed by atoms with van der Waals surface area (Å²) in [6.07, 6.45) is 1.68. The summed E-state index contributed by atoms with van der Waals surface area (Å²) in [7, 11) is 1.42. The van der Waals surface area contributed by atoms with Gasteiger partial charge in [0.1, 0.15) is 11.3 Å². The Kier molecular flexibility index (Phi) is 3.96. The SMILES string of the molecule is COc1c(-c2csc(CN)c2)c(F)c(C)c2c(=O)[nH]c(=O)n(C3CC3)c12. The first kappa shape index (κ1) is 17.0. The fourth-order valence-corrected chi connectivity index (χ4v) is 4.15. The molecule has 1 aliphatic carbocycles. The van der Waals surface area contributed by atoms with Crippen LogP contribution in [0.4, 0.5) is 4.39 Å². The maximum atomic E-state index is 15.3. The number of H-pyrrole nitrogens is 1. The number of ether oxygens (including phenoxy) is 1. The zero-order valence-electron chi connectivity index (χ0n) is 14.4. The maximum absolute atomic E-state index is 15.3. The number of aromatic nitrogens is 2. The van der Waals surface area contributed by atoms with Crippen LogP contribution in [0.5, 0.6) is 5.75 Å². The van der Waals surface area contributed by atoms with Gasteiger partial charge in [0.15, 0.2) is 5.75 Å². The van der Waals surface area contributed by atoms with Crippen LogP contribution in [0, 0.1) is 12.7 Å². The second kappa shape index (κ2) is 6.07. The number of benzene rings is 1. The number of halogens is 1. The lowest BCUT2D eigenvalue weighted by Crippen LogP contribution is -2.31. The molecule has 0 atom stereocenters. The van der Waals surface area contributed by atoms with Crippen molar-refractivity contribution in [1.29, 1.82) is 0 Å². The molecule has 1 aliphatic rings. The predicted molar refractivity (Wildman–Crippen MR) is 99.6 cm³/mol. The molecule has 2 heterocycles. The average Bonchev–Trinajstić information content (AvgIpc) is 3.33. The maximum Gasteiger partial charge on any atom is 0.329 e. The summed E-state index contributed by atoms with van der Waals surface area (Å²) in [6.45, 7) is 1.90. The van der Waals surface area contributed by atoms with Crippen molar-refractivity contribution in [2.45, 2.75) is 32.4 Å². The number of thiophene rings is 1. The topological polar surface area (TPSA) is 90.1 Å². The number of nitrogens with two attached hydrogens (primary N) is 1. The van der Waals surface area contributed by atoms with Gasteiger partial charge in [-0.15, -0.1) is 11.3 Å². The number of aromatic amines is 1. The molecule has 0 aliphatic heterocycles. The minimum absolute atomic E-state index is 0.00413. The first-order chi connectivity index (χ1) is 12.5. The minimum atomic E-state index is -0.601. The number of aryl methyl sites for hydroxylation is 1. The first-order valence-corrected chi connectivity index (χ1v) is 9.18. The van der Waals surface area contributed by atoms with Crippen LogP contribution >= 0.6 is 11.3 Å². The molecule has 0 spiro atoms. The number of methoxy groups -OCH3 is 1. The Morgan fingerprint density at radius 1 is 1.42 bits per heavy atom. The Balaban J connectivity index is 2.20.